The Morgan fingerprint density at radius 3 is 2.50 bits per heavy atom. The summed E-state index contributed by atoms with van der Waals surface area (Å²) in [7, 11) is 0. The third kappa shape index (κ3) is 5.84. The van der Waals surface area contributed by atoms with Crippen molar-refractivity contribution in [3.05, 3.63) is 35.9 Å². The smallest absolute Gasteiger partial charge is 0.326 e. The highest BCUT2D eigenvalue weighted by Gasteiger charge is 2.20. The number of carboxylic acid groups (broad SMARTS) is 1. The highest BCUT2D eigenvalue weighted by atomic mass is 16.5. The van der Waals surface area contributed by atoms with E-state index in [1.807, 2.05) is 44.2 Å². The Balaban J connectivity index is 2.51. The molecule has 5 heteroatoms. The maximum absolute atomic E-state index is 11.7. The van der Waals surface area contributed by atoms with Crippen molar-refractivity contribution in [3.63, 3.8) is 0 Å². The predicted octanol–water partition coefficient (Wildman–Crippen LogP) is 1.61. The molecular weight excluding hydrogens is 258 g/mol. The molecular formula is C15H21NO4. The second kappa shape index (κ2) is 8.32. The number of ether oxygens (including phenoxy) is 1. The van der Waals surface area contributed by atoms with Crippen LogP contribution in [0.1, 0.15) is 25.8 Å². The number of amides is 1. The Kier molecular flexibility index (Phi) is 6.73. The van der Waals surface area contributed by atoms with E-state index in [0.717, 1.165) is 12.0 Å². The van der Waals surface area contributed by atoms with Gasteiger partial charge in [0.2, 0.25) is 5.91 Å². The molecule has 0 saturated heterocycles. The maximum Gasteiger partial charge on any atom is 0.326 e. The average Bonchev–Trinajstić information content (AvgIpc) is 2.45. The van der Waals surface area contributed by atoms with Crippen LogP contribution in [0.15, 0.2) is 30.3 Å². The number of benzene rings is 1. The highest BCUT2D eigenvalue weighted by Crippen LogP contribution is 2.04. The van der Waals surface area contributed by atoms with E-state index in [0.29, 0.717) is 0 Å². The number of rotatable bonds is 8. The zero-order valence-electron chi connectivity index (χ0n) is 11.8. The van der Waals surface area contributed by atoms with Gasteiger partial charge in [-0.2, -0.15) is 0 Å². The summed E-state index contributed by atoms with van der Waals surface area (Å²) < 4.78 is 5.28. The van der Waals surface area contributed by atoms with Crippen molar-refractivity contribution in [2.45, 2.75) is 38.8 Å². The van der Waals surface area contributed by atoms with Crippen LogP contribution < -0.4 is 5.32 Å². The van der Waals surface area contributed by atoms with Crippen molar-refractivity contribution in [2.24, 2.45) is 0 Å². The SMILES string of the molecule is CCC(C)OCC(=O)NC(Cc1ccccc1)C(=O)O. The molecule has 0 radical (unpaired) electrons. The third-order valence-electron chi connectivity index (χ3n) is 2.99. The standard InChI is InChI=1S/C15H21NO4/c1-3-11(2)20-10-14(17)16-13(15(18)19)9-12-7-5-4-6-8-12/h4-8,11,13H,3,9-10H2,1-2H3,(H,16,17)(H,18,19). The number of carboxylic acids is 1. The Bertz CT molecular complexity index is 433. The van der Waals surface area contributed by atoms with Crippen molar-refractivity contribution in [3.8, 4) is 0 Å². The van der Waals surface area contributed by atoms with Gasteiger partial charge in [-0.05, 0) is 18.9 Å². The van der Waals surface area contributed by atoms with Crippen LogP contribution in [0.5, 0.6) is 0 Å². The number of nitrogens with one attached hydrogen (secondary N) is 1. The highest BCUT2D eigenvalue weighted by molar-refractivity contribution is 5.84. The second-order valence-corrected chi connectivity index (χ2v) is 4.68. The van der Waals surface area contributed by atoms with Crippen molar-refractivity contribution >= 4 is 11.9 Å². The number of carbonyl (C=O) groups excluding carboxylic acids is 1. The van der Waals surface area contributed by atoms with E-state index >= 15 is 0 Å². The molecule has 0 fully saturated rings. The minimum absolute atomic E-state index is 0.0156. The van der Waals surface area contributed by atoms with Crippen LogP contribution in [0.2, 0.25) is 0 Å². The number of hydrogen-bond acceptors (Lipinski definition) is 3. The van der Waals surface area contributed by atoms with E-state index in [9.17, 15) is 9.59 Å². The summed E-state index contributed by atoms with van der Waals surface area (Å²) >= 11 is 0. The van der Waals surface area contributed by atoms with Crippen molar-refractivity contribution in [1.82, 2.24) is 5.32 Å². The van der Waals surface area contributed by atoms with Crippen LogP contribution in [0.4, 0.5) is 0 Å². The first-order valence-corrected chi connectivity index (χ1v) is 6.70. The molecule has 0 aliphatic rings. The molecule has 1 amide bonds. The Labute approximate surface area is 118 Å². The van der Waals surface area contributed by atoms with E-state index in [1.54, 1.807) is 0 Å². The van der Waals surface area contributed by atoms with Gasteiger partial charge in [-0.3, -0.25) is 4.79 Å². The quantitative estimate of drug-likeness (QED) is 0.758. The Morgan fingerprint density at radius 2 is 1.95 bits per heavy atom. The van der Waals surface area contributed by atoms with Crippen LogP contribution in [-0.4, -0.2) is 35.7 Å². The predicted molar refractivity (Wildman–Crippen MR) is 75.4 cm³/mol. The van der Waals surface area contributed by atoms with Gasteiger partial charge in [-0.1, -0.05) is 37.3 Å². The fraction of sp³-hybridized carbons (Fsp3) is 0.467. The molecule has 20 heavy (non-hydrogen) atoms. The Morgan fingerprint density at radius 1 is 1.30 bits per heavy atom. The molecule has 2 atom stereocenters. The molecule has 110 valence electrons. The van der Waals surface area contributed by atoms with E-state index in [-0.39, 0.29) is 19.1 Å². The van der Waals surface area contributed by atoms with Gasteiger partial charge in [-0.25, -0.2) is 4.79 Å². The second-order valence-electron chi connectivity index (χ2n) is 4.68. The van der Waals surface area contributed by atoms with Gasteiger partial charge in [-0.15, -0.1) is 0 Å². The molecule has 2 N–H and O–H groups in total. The van der Waals surface area contributed by atoms with Gasteiger partial charge >= 0.3 is 5.97 Å². The van der Waals surface area contributed by atoms with Gasteiger partial charge in [0.05, 0.1) is 6.10 Å². The third-order valence-corrected chi connectivity index (χ3v) is 2.99. The van der Waals surface area contributed by atoms with Crippen LogP contribution in [-0.2, 0) is 20.7 Å². The van der Waals surface area contributed by atoms with Crippen LogP contribution in [0.3, 0.4) is 0 Å². The summed E-state index contributed by atoms with van der Waals surface area (Å²) in [5, 5.41) is 11.6. The fourth-order valence-electron chi connectivity index (χ4n) is 1.62. The zero-order valence-corrected chi connectivity index (χ0v) is 11.8. The average molecular weight is 279 g/mol. The summed E-state index contributed by atoms with van der Waals surface area (Å²) in [6.07, 6.45) is 1.04. The van der Waals surface area contributed by atoms with Gasteiger partial charge in [0.1, 0.15) is 12.6 Å². The first-order chi connectivity index (χ1) is 9.52. The number of aliphatic carboxylic acids is 1. The lowest BCUT2D eigenvalue weighted by molar-refractivity contribution is -0.142. The van der Waals surface area contributed by atoms with E-state index < -0.39 is 17.9 Å². The Hall–Kier alpha value is -1.88. The molecule has 0 saturated carbocycles. The first kappa shape index (κ1) is 16.2. The topological polar surface area (TPSA) is 75.6 Å². The van der Waals surface area contributed by atoms with E-state index in [2.05, 4.69) is 5.32 Å². The lowest BCUT2D eigenvalue weighted by Crippen LogP contribution is -2.44. The van der Waals surface area contributed by atoms with Crippen molar-refractivity contribution in [1.29, 1.82) is 0 Å². The lowest BCUT2D eigenvalue weighted by atomic mass is 10.1. The minimum Gasteiger partial charge on any atom is -0.480 e. The molecule has 0 aliphatic carbocycles. The molecule has 1 rings (SSSR count). The fourth-order valence-corrected chi connectivity index (χ4v) is 1.62. The van der Waals surface area contributed by atoms with Crippen LogP contribution in [0.25, 0.3) is 0 Å². The monoisotopic (exact) mass is 279 g/mol. The normalized spacial score (nSPS) is 13.5. The minimum atomic E-state index is -1.05. The maximum atomic E-state index is 11.7. The summed E-state index contributed by atoms with van der Waals surface area (Å²) in [5.41, 5.74) is 0.864. The molecule has 0 spiro atoms. The van der Waals surface area contributed by atoms with Gasteiger partial charge in [0.25, 0.3) is 0 Å². The number of hydrogen-bond donors (Lipinski definition) is 2. The van der Waals surface area contributed by atoms with Gasteiger partial charge in [0, 0.05) is 6.42 Å². The number of carbonyl (C=O) groups is 2. The van der Waals surface area contributed by atoms with Gasteiger partial charge in [0.15, 0.2) is 0 Å². The first-order valence-electron chi connectivity index (χ1n) is 6.70. The van der Waals surface area contributed by atoms with Gasteiger partial charge < -0.3 is 15.2 Å². The lowest BCUT2D eigenvalue weighted by Gasteiger charge is -2.16. The van der Waals surface area contributed by atoms with Crippen LogP contribution in [0, 0.1) is 0 Å². The van der Waals surface area contributed by atoms with E-state index in [1.165, 1.54) is 0 Å². The molecule has 1 aromatic rings. The largest absolute Gasteiger partial charge is 0.480 e. The van der Waals surface area contributed by atoms with Crippen molar-refractivity contribution in [2.75, 3.05) is 6.61 Å². The molecule has 0 aromatic heterocycles. The molecule has 0 bridgehead atoms. The zero-order chi connectivity index (χ0) is 15.0. The van der Waals surface area contributed by atoms with Crippen molar-refractivity contribution < 1.29 is 19.4 Å². The molecule has 1 aromatic carbocycles. The molecule has 5 nitrogen and oxygen atoms in total. The summed E-state index contributed by atoms with van der Waals surface area (Å²) in [6, 6.07) is 8.25. The molecule has 0 heterocycles. The molecule has 0 aliphatic heterocycles. The van der Waals surface area contributed by atoms with Crippen LogP contribution >= 0.6 is 0 Å². The summed E-state index contributed by atoms with van der Waals surface area (Å²) in [5.74, 6) is -1.46. The summed E-state index contributed by atoms with van der Waals surface area (Å²) in [6.45, 7) is 3.71. The summed E-state index contributed by atoms with van der Waals surface area (Å²) in [4.78, 5) is 22.8. The van der Waals surface area contributed by atoms with E-state index in [4.69, 9.17) is 9.84 Å². The molecule has 2 unspecified atom stereocenters.